The zero-order valence-electron chi connectivity index (χ0n) is 15.3. The van der Waals surface area contributed by atoms with Crippen molar-refractivity contribution < 1.29 is 9.53 Å². The van der Waals surface area contributed by atoms with Crippen LogP contribution in [0, 0.1) is 25.2 Å². The largest absolute Gasteiger partial charge is 0.466 e. The second kappa shape index (κ2) is 7.80. The van der Waals surface area contributed by atoms with E-state index < -0.39 is 0 Å². The molecule has 22 heavy (non-hydrogen) atoms. The van der Waals surface area contributed by atoms with E-state index in [4.69, 9.17) is 4.74 Å². The lowest BCUT2D eigenvalue weighted by molar-refractivity contribution is -0.144. The lowest BCUT2D eigenvalue weighted by atomic mass is 9.93. The third kappa shape index (κ3) is 6.20. The Morgan fingerprint density at radius 1 is 1.27 bits per heavy atom. The summed E-state index contributed by atoms with van der Waals surface area (Å²) < 4.78 is 7.38. The van der Waals surface area contributed by atoms with Crippen LogP contribution in [0.4, 0.5) is 0 Å². The quantitative estimate of drug-likeness (QED) is 0.713. The summed E-state index contributed by atoms with van der Waals surface area (Å²) in [5.74, 6) is 0.452. The molecular formula is C18H32N2O2. The minimum Gasteiger partial charge on any atom is -0.466 e. The Bertz CT molecular complexity index is 496. The molecule has 0 spiro atoms. The Balaban J connectivity index is 2.51. The van der Waals surface area contributed by atoms with Crippen LogP contribution >= 0.6 is 0 Å². The van der Waals surface area contributed by atoms with E-state index in [9.17, 15) is 4.79 Å². The van der Waals surface area contributed by atoms with Crippen molar-refractivity contribution in [1.82, 2.24) is 9.78 Å². The Hall–Kier alpha value is -1.32. The van der Waals surface area contributed by atoms with Gasteiger partial charge < -0.3 is 4.74 Å². The zero-order valence-corrected chi connectivity index (χ0v) is 15.3. The van der Waals surface area contributed by atoms with Crippen LogP contribution in [-0.2, 0) is 22.5 Å². The fraction of sp³-hybridized carbons (Fsp3) is 0.778. The van der Waals surface area contributed by atoms with Crippen LogP contribution in [0.3, 0.4) is 0 Å². The number of nitrogens with zero attached hydrogens (tertiary/aromatic N) is 2. The summed E-state index contributed by atoms with van der Waals surface area (Å²) in [4.78, 5) is 11.9. The molecule has 4 heteroatoms. The van der Waals surface area contributed by atoms with E-state index in [-0.39, 0.29) is 11.4 Å². The number of carbonyl (C=O) groups is 1. The number of hydrogen-bond acceptors (Lipinski definition) is 3. The Morgan fingerprint density at radius 3 is 2.45 bits per heavy atom. The van der Waals surface area contributed by atoms with E-state index in [0.717, 1.165) is 18.7 Å². The minimum atomic E-state index is -0.111. The highest BCUT2D eigenvalue weighted by Crippen LogP contribution is 2.19. The summed E-state index contributed by atoms with van der Waals surface area (Å²) in [6.07, 6.45) is 2.03. The number of aromatic nitrogens is 2. The van der Waals surface area contributed by atoms with E-state index in [1.807, 2.05) is 6.92 Å². The topological polar surface area (TPSA) is 44.1 Å². The number of esters is 1. The molecule has 0 bridgehead atoms. The van der Waals surface area contributed by atoms with E-state index in [2.05, 4.69) is 51.3 Å². The molecular weight excluding hydrogens is 276 g/mol. The predicted molar refractivity (Wildman–Crippen MR) is 89.9 cm³/mol. The van der Waals surface area contributed by atoms with Gasteiger partial charge >= 0.3 is 5.97 Å². The lowest BCUT2D eigenvalue weighted by Crippen LogP contribution is -2.13. The average molecular weight is 308 g/mol. The molecule has 0 saturated carbocycles. The van der Waals surface area contributed by atoms with Gasteiger partial charge in [0, 0.05) is 18.7 Å². The molecule has 0 saturated heterocycles. The Kier molecular flexibility index (Phi) is 6.64. The molecule has 1 rings (SSSR count). The molecule has 126 valence electrons. The number of rotatable bonds is 7. The molecule has 0 radical (unpaired) electrons. The minimum absolute atomic E-state index is 0.111. The third-order valence-electron chi connectivity index (χ3n) is 3.76. The van der Waals surface area contributed by atoms with E-state index >= 15 is 0 Å². The number of aryl methyl sites for hydroxylation is 1. The van der Waals surface area contributed by atoms with E-state index in [1.165, 1.54) is 11.3 Å². The Morgan fingerprint density at radius 2 is 1.91 bits per heavy atom. The van der Waals surface area contributed by atoms with E-state index in [1.54, 1.807) is 0 Å². The highest BCUT2D eigenvalue weighted by Gasteiger charge is 2.15. The van der Waals surface area contributed by atoms with Gasteiger partial charge in [-0.05, 0) is 43.6 Å². The van der Waals surface area contributed by atoms with Gasteiger partial charge in [0.1, 0.15) is 0 Å². The summed E-state index contributed by atoms with van der Waals surface area (Å²) in [7, 11) is 0. The number of ether oxygens (including phenoxy) is 1. The second-order valence-corrected chi connectivity index (χ2v) is 7.76. The predicted octanol–water partition coefficient (Wildman–Crippen LogP) is 4.07. The maximum atomic E-state index is 11.9. The van der Waals surface area contributed by atoms with Gasteiger partial charge in [-0.2, -0.15) is 5.10 Å². The number of hydrogen-bond donors (Lipinski definition) is 0. The standard InChI is InChI=1S/C18H32N2O2/c1-13(2)12-20-15(4)16(14(3)19-20)8-9-17(21)22-11-10-18(5,6)7/h13H,8-12H2,1-7H3. The molecule has 0 N–H and O–H groups in total. The highest BCUT2D eigenvalue weighted by atomic mass is 16.5. The van der Waals surface area contributed by atoms with Crippen molar-refractivity contribution in [1.29, 1.82) is 0 Å². The average Bonchev–Trinajstić information content (AvgIpc) is 2.60. The first-order valence-corrected chi connectivity index (χ1v) is 8.28. The van der Waals surface area contributed by atoms with Crippen LogP contribution in [0.2, 0.25) is 0 Å². The first kappa shape index (κ1) is 18.7. The summed E-state index contributed by atoms with van der Waals surface area (Å²) in [5.41, 5.74) is 3.59. The van der Waals surface area contributed by atoms with Crippen LogP contribution in [-0.4, -0.2) is 22.4 Å². The molecule has 1 aromatic rings. The smallest absolute Gasteiger partial charge is 0.306 e. The molecule has 0 amide bonds. The van der Waals surface area contributed by atoms with Crippen LogP contribution in [0.1, 0.15) is 64.4 Å². The normalized spacial score (nSPS) is 12.0. The maximum absolute atomic E-state index is 11.9. The molecule has 0 aliphatic carbocycles. The molecule has 0 aromatic carbocycles. The van der Waals surface area contributed by atoms with Gasteiger partial charge in [-0.1, -0.05) is 34.6 Å². The van der Waals surface area contributed by atoms with Crippen molar-refractivity contribution in [3.63, 3.8) is 0 Å². The summed E-state index contributed by atoms with van der Waals surface area (Å²) in [6, 6.07) is 0. The number of carbonyl (C=O) groups excluding carboxylic acids is 1. The molecule has 1 heterocycles. The Labute approximate surface area is 135 Å². The first-order chi connectivity index (χ1) is 10.1. The molecule has 0 aliphatic heterocycles. The van der Waals surface area contributed by atoms with Gasteiger partial charge in [0.2, 0.25) is 0 Å². The third-order valence-corrected chi connectivity index (χ3v) is 3.76. The van der Waals surface area contributed by atoms with E-state index in [0.29, 0.717) is 25.4 Å². The molecule has 4 nitrogen and oxygen atoms in total. The summed E-state index contributed by atoms with van der Waals surface area (Å²) in [5, 5.41) is 4.59. The SMILES string of the molecule is Cc1nn(CC(C)C)c(C)c1CCC(=O)OCCC(C)(C)C. The molecule has 0 fully saturated rings. The van der Waals surface area contributed by atoms with Crippen molar-refractivity contribution in [2.45, 2.75) is 74.3 Å². The van der Waals surface area contributed by atoms with Crippen LogP contribution < -0.4 is 0 Å². The lowest BCUT2D eigenvalue weighted by Gasteiger charge is -2.17. The van der Waals surface area contributed by atoms with Gasteiger partial charge in [-0.15, -0.1) is 0 Å². The monoisotopic (exact) mass is 308 g/mol. The molecule has 0 unspecified atom stereocenters. The van der Waals surface area contributed by atoms with Gasteiger partial charge in [0.15, 0.2) is 0 Å². The van der Waals surface area contributed by atoms with Gasteiger partial charge in [-0.25, -0.2) is 0 Å². The zero-order chi connectivity index (χ0) is 16.9. The summed E-state index contributed by atoms with van der Waals surface area (Å²) >= 11 is 0. The van der Waals surface area contributed by atoms with Crippen LogP contribution in [0.5, 0.6) is 0 Å². The molecule has 1 aromatic heterocycles. The highest BCUT2D eigenvalue weighted by molar-refractivity contribution is 5.69. The van der Waals surface area contributed by atoms with Gasteiger partial charge in [-0.3, -0.25) is 9.48 Å². The fourth-order valence-electron chi connectivity index (χ4n) is 2.39. The molecule has 0 atom stereocenters. The van der Waals surface area contributed by atoms with Crippen LogP contribution in [0.25, 0.3) is 0 Å². The van der Waals surface area contributed by atoms with Crippen molar-refractivity contribution in [2.24, 2.45) is 11.3 Å². The van der Waals surface area contributed by atoms with Crippen LogP contribution in [0.15, 0.2) is 0 Å². The summed E-state index contributed by atoms with van der Waals surface area (Å²) in [6.45, 7) is 16.3. The second-order valence-electron chi connectivity index (χ2n) is 7.76. The van der Waals surface area contributed by atoms with Crippen molar-refractivity contribution in [2.75, 3.05) is 6.61 Å². The fourth-order valence-corrected chi connectivity index (χ4v) is 2.39. The molecule has 0 aliphatic rings. The van der Waals surface area contributed by atoms with Crippen molar-refractivity contribution in [3.05, 3.63) is 17.0 Å². The van der Waals surface area contributed by atoms with Gasteiger partial charge in [0.25, 0.3) is 0 Å². The maximum Gasteiger partial charge on any atom is 0.306 e. The first-order valence-electron chi connectivity index (χ1n) is 8.28. The van der Waals surface area contributed by atoms with Crippen molar-refractivity contribution >= 4 is 5.97 Å². The van der Waals surface area contributed by atoms with Gasteiger partial charge in [0.05, 0.1) is 12.3 Å². The van der Waals surface area contributed by atoms with Crippen molar-refractivity contribution in [3.8, 4) is 0 Å².